The van der Waals surface area contributed by atoms with Crippen molar-refractivity contribution in [3.05, 3.63) is 27.7 Å². The second-order valence-electron chi connectivity index (χ2n) is 3.70. The van der Waals surface area contributed by atoms with Crippen molar-refractivity contribution in [1.82, 2.24) is 4.90 Å². The summed E-state index contributed by atoms with van der Waals surface area (Å²) in [7, 11) is 0. The first-order valence-corrected chi connectivity index (χ1v) is 6.41. The highest BCUT2D eigenvalue weighted by Gasteiger charge is 2.20. The Morgan fingerprint density at radius 3 is 2.25 bits per heavy atom. The molecule has 0 fully saturated rings. The quantitative estimate of drug-likeness (QED) is 0.741. The number of halogens is 2. The van der Waals surface area contributed by atoms with Crippen molar-refractivity contribution in [3.8, 4) is 0 Å². The fraction of sp³-hybridized carbons (Fsp3) is 0.182. The molecule has 1 aromatic carbocycles. The van der Waals surface area contributed by atoms with Crippen LogP contribution >= 0.6 is 27.5 Å². The number of rotatable bonds is 5. The number of hydrogen-bond donors (Lipinski definition) is 3. The largest absolute Gasteiger partial charge is 0.480 e. The van der Waals surface area contributed by atoms with E-state index in [1.165, 1.54) is 6.07 Å². The second-order valence-corrected chi connectivity index (χ2v) is 4.99. The van der Waals surface area contributed by atoms with E-state index < -0.39 is 31.1 Å². The topological polar surface area (TPSA) is 107 Å². The molecule has 0 saturated carbocycles. The molecule has 0 radical (unpaired) electrons. The number of benzene rings is 1. The molecule has 0 heterocycles. The van der Waals surface area contributed by atoms with Gasteiger partial charge in [-0.2, -0.15) is 0 Å². The number of carbonyl (C=O) groups excluding carboxylic acids is 1. The average Bonchev–Trinajstić information content (AvgIpc) is 2.31. The Morgan fingerprint density at radius 2 is 1.75 bits per heavy atom. The lowest BCUT2D eigenvalue weighted by atomic mass is 10.3. The summed E-state index contributed by atoms with van der Waals surface area (Å²) in [6.45, 7) is -1.45. The first-order valence-electron chi connectivity index (χ1n) is 5.24. The van der Waals surface area contributed by atoms with Gasteiger partial charge in [0.15, 0.2) is 0 Å². The zero-order chi connectivity index (χ0) is 15.3. The van der Waals surface area contributed by atoms with Gasteiger partial charge in [0.2, 0.25) is 0 Å². The SMILES string of the molecule is O=C(O)CN(CC(=O)O)C(=O)Nc1cc(Cl)ccc1Br. The number of amides is 2. The Bertz CT molecular complexity index is 536. The van der Waals surface area contributed by atoms with Crippen molar-refractivity contribution < 1.29 is 24.6 Å². The van der Waals surface area contributed by atoms with E-state index in [0.717, 1.165) is 0 Å². The van der Waals surface area contributed by atoms with E-state index in [2.05, 4.69) is 21.2 Å². The molecule has 20 heavy (non-hydrogen) atoms. The molecule has 0 aliphatic carbocycles. The van der Waals surface area contributed by atoms with E-state index in [-0.39, 0.29) is 0 Å². The number of nitrogens with zero attached hydrogens (tertiary/aromatic N) is 1. The predicted molar refractivity (Wildman–Crippen MR) is 75.0 cm³/mol. The van der Waals surface area contributed by atoms with Gasteiger partial charge in [-0.1, -0.05) is 11.6 Å². The molecule has 108 valence electrons. The van der Waals surface area contributed by atoms with Crippen molar-refractivity contribution in [2.75, 3.05) is 18.4 Å². The molecule has 0 bridgehead atoms. The van der Waals surface area contributed by atoms with Crippen molar-refractivity contribution in [3.63, 3.8) is 0 Å². The Balaban J connectivity index is 2.86. The van der Waals surface area contributed by atoms with Crippen LogP contribution in [0.2, 0.25) is 5.02 Å². The smallest absolute Gasteiger partial charge is 0.323 e. The van der Waals surface area contributed by atoms with Gasteiger partial charge in [-0.25, -0.2) is 4.79 Å². The number of aliphatic carboxylic acids is 2. The van der Waals surface area contributed by atoms with E-state index >= 15 is 0 Å². The van der Waals surface area contributed by atoms with E-state index in [4.69, 9.17) is 21.8 Å². The summed E-state index contributed by atoms with van der Waals surface area (Å²) in [5.41, 5.74) is 0.309. The molecule has 7 nitrogen and oxygen atoms in total. The van der Waals surface area contributed by atoms with Gasteiger partial charge in [-0.05, 0) is 34.1 Å². The maximum absolute atomic E-state index is 11.9. The highest BCUT2D eigenvalue weighted by molar-refractivity contribution is 9.10. The van der Waals surface area contributed by atoms with Crippen LogP contribution in [-0.2, 0) is 9.59 Å². The standard InChI is InChI=1S/C11H10BrClN2O5/c12-7-2-1-6(13)3-8(7)14-11(20)15(4-9(16)17)5-10(18)19/h1-3H,4-5H2,(H,14,20)(H,16,17)(H,18,19). The number of carboxylic acid groups (broad SMARTS) is 2. The number of hydrogen-bond acceptors (Lipinski definition) is 3. The molecule has 2 amide bonds. The number of carboxylic acids is 2. The first kappa shape index (κ1) is 16.3. The van der Waals surface area contributed by atoms with Gasteiger partial charge in [0.25, 0.3) is 0 Å². The summed E-state index contributed by atoms with van der Waals surface area (Å²) < 4.78 is 0.529. The average molecular weight is 366 g/mol. The minimum Gasteiger partial charge on any atom is -0.480 e. The van der Waals surface area contributed by atoms with E-state index in [9.17, 15) is 14.4 Å². The molecule has 0 aromatic heterocycles. The highest BCUT2D eigenvalue weighted by Crippen LogP contribution is 2.26. The summed E-state index contributed by atoms with van der Waals surface area (Å²) >= 11 is 8.96. The molecule has 0 unspecified atom stereocenters. The Labute approximate surface area is 127 Å². The normalized spacial score (nSPS) is 9.90. The van der Waals surface area contributed by atoms with E-state index in [1.807, 2.05) is 0 Å². The van der Waals surface area contributed by atoms with Crippen LogP contribution in [0.1, 0.15) is 0 Å². The summed E-state index contributed by atoms with van der Waals surface area (Å²) in [5, 5.41) is 20.1. The van der Waals surface area contributed by atoms with Crippen molar-refractivity contribution in [2.45, 2.75) is 0 Å². The number of nitrogens with one attached hydrogen (secondary N) is 1. The molecule has 0 spiro atoms. The zero-order valence-corrected chi connectivity index (χ0v) is 12.3. The van der Waals surface area contributed by atoms with Crippen LogP contribution in [0.15, 0.2) is 22.7 Å². The third-order valence-corrected chi connectivity index (χ3v) is 3.04. The fourth-order valence-electron chi connectivity index (χ4n) is 1.31. The monoisotopic (exact) mass is 364 g/mol. The fourth-order valence-corrected chi connectivity index (χ4v) is 1.83. The maximum atomic E-state index is 11.9. The zero-order valence-electron chi connectivity index (χ0n) is 9.97. The van der Waals surface area contributed by atoms with Gasteiger partial charge in [-0.3, -0.25) is 9.59 Å². The third-order valence-electron chi connectivity index (χ3n) is 2.11. The van der Waals surface area contributed by atoms with E-state index in [0.29, 0.717) is 20.1 Å². The third kappa shape index (κ3) is 5.06. The number of urea groups is 1. The minimum absolute atomic E-state index is 0.309. The summed E-state index contributed by atoms with van der Waals surface area (Å²) in [5.74, 6) is -2.63. The lowest BCUT2D eigenvalue weighted by Crippen LogP contribution is -2.42. The Hall–Kier alpha value is -1.80. The summed E-state index contributed by atoms with van der Waals surface area (Å²) in [6.07, 6.45) is 0. The van der Waals surface area contributed by atoms with Crippen LogP contribution in [0.3, 0.4) is 0 Å². The molecular formula is C11H10BrClN2O5. The van der Waals surface area contributed by atoms with Crippen LogP contribution in [0.5, 0.6) is 0 Å². The van der Waals surface area contributed by atoms with Gasteiger partial charge >= 0.3 is 18.0 Å². The van der Waals surface area contributed by atoms with Crippen molar-refractivity contribution in [2.24, 2.45) is 0 Å². The second kappa shape index (κ2) is 7.11. The van der Waals surface area contributed by atoms with Crippen LogP contribution in [0, 0.1) is 0 Å². The maximum Gasteiger partial charge on any atom is 0.323 e. The minimum atomic E-state index is -1.31. The summed E-state index contributed by atoms with van der Waals surface area (Å²) in [4.78, 5) is 33.8. The van der Waals surface area contributed by atoms with Crippen molar-refractivity contribution >= 4 is 51.2 Å². The van der Waals surface area contributed by atoms with Gasteiger partial charge < -0.3 is 20.4 Å². The first-order chi connectivity index (χ1) is 9.29. The van der Waals surface area contributed by atoms with Crippen LogP contribution in [0.25, 0.3) is 0 Å². The Morgan fingerprint density at radius 1 is 1.20 bits per heavy atom. The van der Waals surface area contributed by atoms with Crippen molar-refractivity contribution in [1.29, 1.82) is 0 Å². The van der Waals surface area contributed by atoms with Crippen LogP contribution in [-0.4, -0.2) is 46.2 Å². The Kier molecular flexibility index (Phi) is 5.78. The molecular weight excluding hydrogens is 355 g/mol. The molecule has 0 aliphatic rings. The predicted octanol–water partition coefficient (Wildman–Crippen LogP) is 2.11. The van der Waals surface area contributed by atoms with Crippen LogP contribution < -0.4 is 5.32 Å². The van der Waals surface area contributed by atoms with Crippen LogP contribution in [0.4, 0.5) is 10.5 Å². The lowest BCUT2D eigenvalue weighted by molar-refractivity contribution is -0.140. The lowest BCUT2D eigenvalue weighted by Gasteiger charge is -2.19. The molecule has 0 saturated heterocycles. The van der Waals surface area contributed by atoms with Gasteiger partial charge in [0, 0.05) is 9.50 Å². The molecule has 1 rings (SSSR count). The van der Waals surface area contributed by atoms with Gasteiger partial charge in [0.1, 0.15) is 13.1 Å². The molecule has 3 N–H and O–H groups in total. The molecule has 9 heteroatoms. The van der Waals surface area contributed by atoms with Gasteiger partial charge in [-0.15, -0.1) is 0 Å². The number of carbonyl (C=O) groups is 3. The molecule has 0 aliphatic heterocycles. The van der Waals surface area contributed by atoms with Gasteiger partial charge in [0.05, 0.1) is 5.69 Å². The molecule has 1 aromatic rings. The number of anilines is 1. The molecule has 0 atom stereocenters. The van der Waals surface area contributed by atoms with E-state index in [1.54, 1.807) is 12.1 Å². The summed E-state index contributed by atoms with van der Waals surface area (Å²) in [6, 6.07) is 3.78. The highest BCUT2D eigenvalue weighted by atomic mass is 79.9.